The van der Waals surface area contributed by atoms with Crippen LogP contribution in [0.25, 0.3) is 0 Å². The van der Waals surface area contributed by atoms with E-state index in [1.807, 2.05) is 16.5 Å². The van der Waals surface area contributed by atoms with Crippen molar-refractivity contribution in [3.8, 4) is 0 Å². The Balaban J connectivity index is 2.05. The van der Waals surface area contributed by atoms with Gasteiger partial charge in [0.2, 0.25) is 0 Å². The molecule has 0 spiro atoms. The number of piperidine rings is 1. The summed E-state index contributed by atoms with van der Waals surface area (Å²) in [6.07, 6.45) is 3.13. The highest BCUT2D eigenvalue weighted by Crippen LogP contribution is 2.25. The number of aryl methyl sites for hydroxylation is 1. The van der Waals surface area contributed by atoms with Gasteiger partial charge in [0.15, 0.2) is 0 Å². The molecule has 1 aliphatic heterocycles. The third kappa shape index (κ3) is 2.93. The van der Waals surface area contributed by atoms with E-state index in [4.69, 9.17) is 10.5 Å². The molecule has 0 aliphatic carbocycles. The van der Waals surface area contributed by atoms with E-state index in [0.717, 1.165) is 25.2 Å². The van der Waals surface area contributed by atoms with Crippen molar-refractivity contribution >= 4 is 5.91 Å². The number of likely N-dealkylation sites (tertiary alicyclic amines) is 1. The molecule has 1 aromatic rings. The van der Waals surface area contributed by atoms with Gasteiger partial charge in [0.25, 0.3) is 5.91 Å². The summed E-state index contributed by atoms with van der Waals surface area (Å²) in [5.41, 5.74) is 5.55. The third-order valence-electron chi connectivity index (χ3n) is 3.62. The van der Waals surface area contributed by atoms with Gasteiger partial charge >= 0.3 is 0 Å². The predicted molar refractivity (Wildman–Crippen MR) is 69.4 cm³/mol. The quantitative estimate of drug-likeness (QED) is 0.794. The first-order valence-electron chi connectivity index (χ1n) is 6.53. The molecule has 0 radical (unpaired) electrons. The van der Waals surface area contributed by atoms with Crippen molar-refractivity contribution in [2.24, 2.45) is 12.8 Å². The van der Waals surface area contributed by atoms with Gasteiger partial charge in [-0.25, -0.2) is 0 Å². The number of methoxy groups -OCH3 is 1. The fourth-order valence-corrected chi connectivity index (χ4v) is 2.55. The van der Waals surface area contributed by atoms with Gasteiger partial charge in [0.05, 0.1) is 0 Å². The Morgan fingerprint density at radius 2 is 2.47 bits per heavy atom. The van der Waals surface area contributed by atoms with Gasteiger partial charge in [0.1, 0.15) is 18.3 Å². The molecule has 2 atom stereocenters. The molecule has 2 N–H and O–H groups in total. The third-order valence-corrected chi connectivity index (χ3v) is 3.62. The number of rotatable bonds is 4. The zero-order chi connectivity index (χ0) is 13.8. The molecule has 1 aliphatic rings. The number of hydrogen-bond donors (Lipinski definition) is 1. The molecule has 0 aromatic carbocycles. The number of hydrogen-bond acceptors (Lipinski definition) is 5. The zero-order valence-corrected chi connectivity index (χ0v) is 11.5. The van der Waals surface area contributed by atoms with Crippen LogP contribution in [0.2, 0.25) is 0 Å². The molecule has 7 nitrogen and oxygen atoms in total. The number of nitrogens with two attached hydrogens (primary N) is 1. The SMILES string of the molecule is COC(CN)C(=O)N1CCCC(c2nncn2C)C1. The minimum atomic E-state index is -0.543. The molecule has 1 amide bonds. The number of ether oxygens (including phenoxy) is 1. The van der Waals surface area contributed by atoms with Crippen LogP contribution in [0, 0.1) is 0 Å². The van der Waals surface area contributed by atoms with Crippen LogP contribution in [0.15, 0.2) is 6.33 Å². The van der Waals surface area contributed by atoms with E-state index in [-0.39, 0.29) is 18.4 Å². The zero-order valence-electron chi connectivity index (χ0n) is 11.5. The number of amides is 1. The molecule has 1 saturated heterocycles. The van der Waals surface area contributed by atoms with Gasteiger partial charge < -0.3 is 19.9 Å². The lowest BCUT2D eigenvalue weighted by molar-refractivity contribution is -0.142. The first kappa shape index (κ1) is 14.0. The van der Waals surface area contributed by atoms with E-state index in [0.29, 0.717) is 6.54 Å². The summed E-state index contributed by atoms with van der Waals surface area (Å²) < 4.78 is 7.03. The van der Waals surface area contributed by atoms with Crippen LogP contribution >= 0.6 is 0 Å². The van der Waals surface area contributed by atoms with Crippen molar-refractivity contribution in [1.29, 1.82) is 0 Å². The van der Waals surface area contributed by atoms with Crippen molar-refractivity contribution in [1.82, 2.24) is 19.7 Å². The summed E-state index contributed by atoms with van der Waals surface area (Å²) in [6.45, 7) is 1.62. The summed E-state index contributed by atoms with van der Waals surface area (Å²) in [6, 6.07) is 0. The van der Waals surface area contributed by atoms with Crippen molar-refractivity contribution in [2.45, 2.75) is 24.9 Å². The molecular weight excluding hydrogens is 246 g/mol. The van der Waals surface area contributed by atoms with Crippen LogP contribution in [0.5, 0.6) is 0 Å². The van der Waals surface area contributed by atoms with E-state index in [9.17, 15) is 4.79 Å². The predicted octanol–water partition coefficient (Wildman–Crippen LogP) is -0.505. The van der Waals surface area contributed by atoms with Crippen molar-refractivity contribution < 1.29 is 9.53 Å². The van der Waals surface area contributed by atoms with Crippen molar-refractivity contribution in [3.63, 3.8) is 0 Å². The largest absolute Gasteiger partial charge is 0.370 e. The fourth-order valence-electron chi connectivity index (χ4n) is 2.55. The summed E-state index contributed by atoms with van der Waals surface area (Å²) in [7, 11) is 3.44. The summed E-state index contributed by atoms with van der Waals surface area (Å²) in [5, 5.41) is 8.04. The number of carbonyl (C=O) groups is 1. The first-order chi connectivity index (χ1) is 9.17. The molecule has 2 unspecified atom stereocenters. The minimum absolute atomic E-state index is 0.0307. The number of carbonyl (C=O) groups excluding carboxylic acids is 1. The van der Waals surface area contributed by atoms with Crippen LogP contribution in [0.1, 0.15) is 24.6 Å². The molecule has 0 saturated carbocycles. The summed E-state index contributed by atoms with van der Waals surface area (Å²) in [5.74, 6) is 1.14. The smallest absolute Gasteiger partial charge is 0.253 e. The summed E-state index contributed by atoms with van der Waals surface area (Å²) >= 11 is 0. The Bertz CT molecular complexity index is 430. The highest BCUT2D eigenvalue weighted by molar-refractivity contribution is 5.81. The minimum Gasteiger partial charge on any atom is -0.370 e. The highest BCUT2D eigenvalue weighted by atomic mass is 16.5. The lowest BCUT2D eigenvalue weighted by Crippen LogP contribution is -2.47. The Hall–Kier alpha value is -1.47. The van der Waals surface area contributed by atoms with Crippen LogP contribution in [-0.2, 0) is 16.6 Å². The molecule has 2 heterocycles. The van der Waals surface area contributed by atoms with Gasteiger partial charge in [0, 0.05) is 39.7 Å². The highest BCUT2D eigenvalue weighted by Gasteiger charge is 2.30. The maximum Gasteiger partial charge on any atom is 0.253 e. The van der Waals surface area contributed by atoms with Crippen molar-refractivity contribution in [2.75, 3.05) is 26.7 Å². The van der Waals surface area contributed by atoms with E-state index < -0.39 is 6.10 Å². The average molecular weight is 267 g/mol. The first-order valence-corrected chi connectivity index (χ1v) is 6.53. The molecule has 106 valence electrons. The molecule has 0 bridgehead atoms. The van der Waals surface area contributed by atoms with E-state index in [1.165, 1.54) is 7.11 Å². The average Bonchev–Trinajstić information content (AvgIpc) is 2.86. The monoisotopic (exact) mass is 267 g/mol. The molecular formula is C12H21N5O2. The maximum absolute atomic E-state index is 12.2. The molecule has 1 aromatic heterocycles. The van der Waals surface area contributed by atoms with Crippen molar-refractivity contribution in [3.05, 3.63) is 12.2 Å². The normalized spacial score (nSPS) is 21.4. The number of aromatic nitrogens is 3. The van der Waals surface area contributed by atoms with Gasteiger partial charge in [-0.15, -0.1) is 10.2 Å². The van der Waals surface area contributed by atoms with Gasteiger partial charge in [-0.3, -0.25) is 4.79 Å². The lowest BCUT2D eigenvalue weighted by Gasteiger charge is -2.33. The Morgan fingerprint density at radius 3 is 3.05 bits per heavy atom. The second-order valence-corrected chi connectivity index (χ2v) is 4.88. The van der Waals surface area contributed by atoms with Crippen LogP contribution < -0.4 is 5.73 Å². The standard InChI is InChI=1S/C12H21N5O2/c1-16-8-14-15-11(16)9-4-3-5-17(7-9)12(18)10(6-13)19-2/h8-10H,3-7,13H2,1-2H3. The number of nitrogens with zero attached hydrogens (tertiary/aromatic N) is 4. The lowest BCUT2D eigenvalue weighted by atomic mass is 9.96. The topological polar surface area (TPSA) is 86.3 Å². The molecule has 7 heteroatoms. The van der Waals surface area contributed by atoms with E-state index in [2.05, 4.69) is 10.2 Å². The molecule has 1 fully saturated rings. The van der Waals surface area contributed by atoms with Crippen LogP contribution in [0.3, 0.4) is 0 Å². The Labute approximate surface area is 112 Å². The fraction of sp³-hybridized carbons (Fsp3) is 0.750. The maximum atomic E-state index is 12.2. The second kappa shape index (κ2) is 6.12. The summed E-state index contributed by atoms with van der Waals surface area (Å²) in [4.78, 5) is 14.1. The molecule has 2 rings (SSSR count). The van der Waals surface area contributed by atoms with Gasteiger partial charge in [-0.2, -0.15) is 0 Å². The van der Waals surface area contributed by atoms with Gasteiger partial charge in [-0.05, 0) is 12.8 Å². The van der Waals surface area contributed by atoms with Gasteiger partial charge in [-0.1, -0.05) is 0 Å². The Kier molecular flexibility index (Phi) is 4.49. The second-order valence-electron chi connectivity index (χ2n) is 4.88. The Morgan fingerprint density at radius 1 is 1.68 bits per heavy atom. The molecule has 19 heavy (non-hydrogen) atoms. The van der Waals surface area contributed by atoms with Crippen LogP contribution in [-0.4, -0.2) is 58.4 Å². The van der Waals surface area contributed by atoms with E-state index in [1.54, 1.807) is 6.33 Å². The van der Waals surface area contributed by atoms with E-state index >= 15 is 0 Å². The van der Waals surface area contributed by atoms with Crippen LogP contribution in [0.4, 0.5) is 0 Å².